The van der Waals surface area contributed by atoms with E-state index in [0.29, 0.717) is 0 Å². The lowest BCUT2D eigenvalue weighted by Gasteiger charge is -1.89. The Hall–Kier alpha value is -1.51. The number of rotatable bonds is 0. The molecule has 2 heterocycles. The predicted molar refractivity (Wildman–Crippen MR) is 48.7 cm³/mol. The molecular formula is C9H11N3. The van der Waals surface area contributed by atoms with Crippen LogP contribution in [-0.4, -0.2) is 15.2 Å². The van der Waals surface area contributed by atoms with Crippen LogP contribution < -0.4 is 0 Å². The van der Waals surface area contributed by atoms with E-state index >= 15 is 0 Å². The van der Waals surface area contributed by atoms with E-state index in [2.05, 4.69) is 15.2 Å². The van der Waals surface area contributed by atoms with Crippen LogP contribution in [0, 0.1) is 0 Å². The Kier molecular flexibility index (Phi) is 3.14. The van der Waals surface area contributed by atoms with Crippen molar-refractivity contribution in [1.29, 1.82) is 0 Å². The normalized spacial score (nSPS) is 8.83. The van der Waals surface area contributed by atoms with Crippen LogP contribution >= 0.6 is 0 Å². The standard InChI is InChI=1S/C7H5N3.C2H6/c1-4-9-10-7-2-3-8-5-6(1)7;1-2/h1-5H;1-2H3. The Morgan fingerprint density at radius 2 is 1.92 bits per heavy atom. The van der Waals surface area contributed by atoms with Gasteiger partial charge in [-0.25, -0.2) is 0 Å². The smallest absolute Gasteiger partial charge is 0.0960 e. The molecule has 0 amide bonds. The second-order valence-electron chi connectivity index (χ2n) is 1.97. The first-order valence-electron chi connectivity index (χ1n) is 3.98. The average Bonchev–Trinajstić information content (AvgIpc) is 2.21. The van der Waals surface area contributed by atoms with Gasteiger partial charge in [-0.2, -0.15) is 10.2 Å². The maximum Gasteiger partial charge on any atom is 0.0960 e. The lowest BCUT2D eigenvalue weighted by atomic mass is 10.3. The number of pyridine rings is 1. The quantitative estimate of drug-likeness (QED) is 0.593. The highest BCUT2D eigenvalue weighted by atomic mass is 15.1. The maximum absolute atomic E-state index is 3.95. The van der Waals surface area contributed by atoms with Gasteiger partial charge in [0.1, 0.15) is 0 Å². The summed E-state index contributed by atoms with van der Waals surface area (Å²) in [5, 5.41) is 8.65. The second-order valence-corrected chi connectivity index (χ2v) is 1.97. The van der Waals surface area contributed by atoms with Crippen LogP contribution in [0.4, 0.5) is 0 Å². The average molecular weight is 161 g/mol. The number of nitrogens with zero attached hydrogens (tertiary/aromatic N) is 3. The highest BCUT2D eigenvalue weighted by molar-refractivity contribution is 5.75. The molecule has 0 N–H and O–H groups in total. The molecule has 0 aromatic carbocycles. The van der Waals surface area contributed by atoms with E-state index in [0.717, 1.165) is 10.9 Å². The van der Waals surface area contributed by atoms with Crippen molar-refractivity contribution in [3.63, 3.8) is 0 Å². The Bertz CT molecular complexity index is 281. The van der Waals surface area contributed by atoms with Crippen molar-refractivity contribution in [2.45, 2.75) is 13.8 Å². The van der Waals surface area contributed by atoms with E-state index in [-0.39, 0.29) is 0 Å². The van der Waals surface area contributed by atoms with Gasteiger partial charge >= 0.3 is 0 Å². The first-order valence-corrected chi connectivity index (χ1v) is 3.98. The molecule has 12 heavy (non-hydrogen) atoms. The fourth-order valence-electron chi connectivity index (χ4n) is 0.828. The van der Waals surface area contributed by atoms with Gasteiger partial charge in [-0.3, -0.25) is 4.98 Å². The molecule has 0 aliphatic rings. The molecule has 0 atom stereocenters. The third-order valence-electron chi connectivity index (χ3n) is 1.31. The minimum atomic E-state index is 0.887. The highest BCUT2D eigenvalue weighted by Crippen LogP contribution is 2.04. The summed E-state index contributed by atoms with van der Waals surface area (Å²) in [5.74, 6) is 0. The molecule has 2 aromatic heterocycles. The van der Waals surface area contributed by atoms with Crippen LogP contribution in [0.3, 0.4) is 0 Å². The van der Waals surface area contributed by atoms with E-state index in [1.54, 1.807) is 18.6 Å². The van der Waals surface area contributed by atoms with Gasteiger partial charge in [0.15, 0.2) is 0 Å². The van der Waals surface area contributed by atoms with Crippen molar-refractivity contribution in [3.8, 4) is 0 Å². The third kappa shape index (κ3) is 1.75. The Labute approximate surface area is 71.5 Å². The van der Waals surface area contributed by atoms with Crippen molar-refractivity contribution in [2.24, 2.45) is 0 Å². The number of hydrogen-bond acceptors (Lipinski definition) is 3. The van der Waals surface area contributed by atoms with Crippen LogP contribution in [-0.2, 0) is 0 Å². The summed E-state index contributed by atoms with van der Waals surface area (Å²) in [6, 6.07) is 3.72. The molecule has 0 fully saturated rings. The van der Waals surface area contributed by atoms with Crippen molar-refractivity contribution < 1.29 is 0 Å². The Balaban J connectivity index is 0.000000336. The Morgan fingerprint density at radius 3 is 2.67 bits per heavy atom. The van der Waals surface area contributed by atoms with Crippen molar-refractivity contribution >= 4 is 10.9 Å². The second kappa shape index (κ2) is 4.38. The van der Waals surface area contributed by atoms with E-state index in [1.807, 2.05) is 26.0 Å². The minimum absolute atomic E-state index is 0.887. The van der Waals surface area contributed by atoms with Gasteiger partial charge in [-0.1, -0.05) is 13.8 Å². The molecule has 3 heteroatoms. The van der Waals surface area contributed by atoms with Gasteiger partial charge in [0.25, 0.3) is 0 Å². The van der Waals surface area contributed by atoms with E-state index in [9.17, 15) is 0 Å². The van der Waals surface area contributed by atoms with Crippen LogP contribution in [0.5, 0.6) is 0 Å². The van der Waals surface area contributed by atoms with Crippen molar-refractivity contribution in [1.82, 2.24) is 15.2 Å². The van der Waals surface area contributed by atoms with Crippen LogP contribution in [0.1, 0.15) is 13.8 Å². The lowest BCUT2D eigenvalue weighted by molar-refractivity contribution is 1.07. The van der Waals surface area contributed by atoms with Gasteiger partial charge in [-0.15, -0.1) is 0 Å². The monoisotopic (exact) mass is 161 g/mol. The van der Waals surface area contributed by atoms with E-state index in [4.69, 9.17) is 0 Å². The molecule has 0 spiro atoms. The zero-order valence-electron chi connectivity index (χ0n) is 7.23. The number of hydrogen-bond donors (Lipinski definition) is 0. The molecule has 0 saturated heterocycles. The predicted octanol–water partition coefficient (Wildman–Crippen LogP) is 2.05. The molecule has 0 saturated carbocycles. The fourth-order valence-corrected chi connectivity index (χ4v) is 0.828. The summed E-state index contributed by atoms with van der Waals surface area (Å²) >= 11 is 0. The zero-order chi connectivity index (χ0) is 8.81. The maximum atomic E-state index is 3.95. The van der Waals surface area contributed by atoms with Crippen molar-refractivity contribution in [2.75, 3.05) is 0 Å². The molecule has 0 unspecified atom stereocenters. The highest BCUT2D eigenvalue weighted by Gasteiger charge is 1.88. The molecule has 2 rings (SSSR count). The summed E-state index contributed by atoms with van der Waals surface area (Å²) in [5.41, 5.74) is 0.887. The summed E-state index contributed by atoms with van der Waals surface area (Å²) in [6.45, 7) is 4.00. The molecule has 0 radical (unpaired) electrons. The Morgan fingerprint density at radius 1 is 1.08 bits per heavy atom. The molecule has 0 aliphatic carbocycles. The van der Waals surface area contributed by atoms with Gasteiger partial charge in [0, 0.05) is 17.8 Å². The number of aromatic nitrogens is 3. The zero-order valence-corrected chi connectivity index (χ0v) is 7.23. The van der Waals surface area contributed by atoms with Crippen LogP contribution in [0.2, 0.25) is 0 Å². The molecule has 62 valence electrons. The topological polar surface area (TPSA) is 38.7 Å². The summed E-state index contributed by atoms with van der Waals surface area (Å²) in [4.78, 5) is 3.95. The third-order valence-corrected chi connectivity index (χ3v) is 1.31. The molecule has 0 bridgehead atoms. The lowest BCUT2D eigenvalue weighted by Crippen LogP contribution is -1.81. The largest absolute Gasteiger partial charge is 0.264 e. The minimum Gasteiger partial charge on any atom is -0.264 e. The number of fused-ring (bicyclic) bond motifs is 1. The van der Waals surface area contributed by atoms with Gasteiger partial charge in [-0.05, 0) is 12.1 Å². The molecular weight excluding hydrogens is 150 g/mol. The van der Waals surface area contributed by atoms with Crippen LogP contribution in [0.25, 0.3) is 10.9 Å². The summed E-state index contributed by atoms with van der Waals surface area (Å²) < 4.78 is 0. The van der Waals surface area contributed by atoms with Crippen molar-refractivity contribution in [3.05, 3.63) is 30.7 Å². The van der Waals surface area contributed by atoms with Gasteiger partial charge in [0.2, 0.25) is 0 Å². The summed E-state index contributed by atoms with van der Waals surface area (Å²) in [7, 11) is 0. The molecule has 2 aromatic rings. The fraction of sp³-hybridized carbons (Fsp3) is 0.222. The van der Waals surface area contributed by atoms with Gasteiger partial charge in [0.05, 0.1) is 11.7 Å². The molecule has 3 nitrogen and oxygen atoms in total. The summed E-state index contributed by atoms with van der Waals surface area (Å²) in [6.07, 6.45) is 5.13. The first-order chi connectivity index (χ1) is 5.97. The SMILES string of the molecule is CC.c1cc2nnccc2cn1. The van der Waals surface area contributed by atoms with Gasteiger partial charge < -0.3 is 0 Å². The molecule has 0 aliphatic heterocycles. The van der Waals surface area contributed by atoms with E-state index in [1.165, 1.54) is 0 Å². The first kappa shape index (κ1) is 8.59. The van der Waals surface area contributed by atoms with Crippen LogP contribution in [0.15, 0.2) is 30.7 Å². The van der Waals surface area contributed by atoms with E-state index < -0.39 is 0 Å².